The summed E-state index contributed by atoms with van der Waals surface area (Å²) in [5, 5.41) is 2.61. The van der Waals surface area contributed by atoms with Crippen LogP contribution in [0, 0.1) is 0 Å². The van der Waals surface area contributed by atoms with Gasteiger partial charge in [0, 0.05) is 18.8 Å². The number of nitrogens with two attached hydrogens (primary N) is 1. The van der Waals surface area contributed by atoms with Gasteiger partial charge in [-0.05, 0) is 42.5 Å². The molecule has 0 spiro atoms. The number of sulfonamides is 1. The van der Waals surface area contributed by atoms with Crippen molar-refractivity contribution in [3.63, 3.8) is 0 Å². The molecule has 10 heteroatoms. The summed E-state index contributed by atoms with van der Waals surface area (Å²) >= 11 is 0. The smallest absolute Gasteiger partial charge is 0.262 e. The van der Waals surface area contributed by atoms with Gasteiger partial charge in [0.25, 0.3) is 11.8 Å². The predicted molar refractivity (Wildman–Crippen MR) is 112 cm³/mol. The molecule has 2 rings (SSSR count). The lowest BCUT2D eigenvalue weighted by Crippen LogP contribution is -2.30. The quantitative estimate of drug-likeness (QED) is 0.586. The first-order chi connectivity index (χ1) is 14.2. The second kappa shape index (κ2) is 10.1. The fourth-order valence-electron chi connectivity index (χ4n) is 2.72. The molecule has 0 heterocycles. The molecular weight excluding hydrogens is 410 g/mol. The minimum absolute atomic E-state index is 0.0908. The van der Waals surface area contributed by atoms with Gasteiger partial charge < -0.3 is 20.5 Å². The third-order valence-corrected chi connectivity index (χ3v) is 6.36. The predicted octanol–water partition coefficient (Wildman–Crippen LogP) is 1.84. The van der Waals surface area contributed by atoms with E-state index in [1.807, 2.05) is 0 Å². The van der Waals surface area contributed by atoms with Gasteiger partial charge in [-0.1, -0.05) is 13.8 Å². The molecule has 0 aliphatic carbocycles. The van der Waals surface area contributed by atoms with Crippen LogP contribution in [-0.4, -0.2) is 51.3 Å². The Morgan fingerprint density at radius 3 is 2.23 bits per heavy atom. The molecule has 162 valence electrons. The van der Waals surface area contributed by atoms with Gasteiger partial charge >= 0.3 is 0 Å². The third-order valence-electron chi connectivity index (χ3n) is 4.29. The van der Waals surface area contributed by atoms with E-state index in [0.29, 0.717) is 24.5 Å². The summed E-state index contributed by atoms with van der Waals surface area (Å²) in [4.78, 5) is 23.9. The normalized spacial score (nSPS) is 11.2. The van der Waals surface area contributed by atoms with Crippen LogP contribution in [0.3, 0.4) is 0 Å². The van der Waals surface area contributed by atoms with Crippen LogP contribution < -0.4 is 20.5 Å². The highest BCUT2D eigenvalue weighted by Gasteiger charge is 2.21. The number of methoxy groups -OCH3 is 1. The van der Waals surface area contributed by atoms with Gasteiger partial charge in [-0.3, -0.25) is 9.59 Å². The Kier molecular flexibility index (Phi) is 7.79. The Labute approximate surface area is 175 Å². The molecule has 9 nitrogen and oxygen atoms in total. The summed E-state index contributed by atoms with van der Waals surface area (Å²) in [5.74, 6) is -0.616. The van der Waals surface area contributed by atoms with Crippen molar-refractivity contribution in [1.29, 1.82) is 0 Å². The Morgan fingerprint density at radius 2 is 1.70 bits per heavy atom. The molecule has 0 bridgehead atoms. The van der Waals surface area contributed by atoms with Crippen molar-refractivity contribution in [2.45, 2.75) is 18.7 Å². The van der Waals surface area contributed by atoms with E-state index in [1.165, 1.54) is 47.8 Å². The number of nitrogens with one attached hydrogen (secondary N) is 1. The number of primary amides is 1. The van der Waals surface area contributed by atoms with Crippen molar-refractivity contribution in [2.75, 3.05) is 32.1 Å². The Morgan fingerprint density at radius 1 is 1.07 bits per heavy atom. The van der Waals surface area contributed by atoms with Gasteiger partial charge in [0.05, 0.1) is 17.6 Å². The summed E-state index contributed by atoms with van der Waals surface area (Å²) in [5.41, 5.74) is 5.83. The van der Waals surface area contributed by atoms with E-state index in [-0.39, 0.29) is 22.8 Å². The van der Waals surface area contributed by atoms with E-state index in [9.17, 15) is 18.0 Å². The molecule has 30 heavy (non-hydrogen) atoms. The topological polar surface area (TPSA) is 128 Å². The highest BCUT2D eigenvalue weighted by Crippen LogP contribution is 2.24. The maximum absolute atomic E-state index is 12.5. The monoisotopic (exact) mass is 435 g/mol. The number of hydrogen-bond acceptors (Lipinski definition) is 6. The summed E-state index contributed by atoms with van der Waals surface area (Å²) in [6.07, 6.45) is 0. The second-order valence-electron chi connectivity index (χ2n) is 6.18. The average molecular weight is 436 g/mol. The molecule has 2 amide bonds. The summed E-state index contributed by atoms with van der Waals surface area (Å²) < 4.78 is 36.8. The van der Waals surface area contributed by atoms with Crippen molar-refractivity contribution in [3.05, 3.63) is 48.0 Å². The van der Waals surface area contributed by atoms with Crippen molar-refractivity contribution < 1.29 is 27.5 Å². The number of anilines is 1. The molecule has 0 saturated carbocycles. The standard InChI is InChI=1S/C20H25N3O6S/c1-4-23(5-2)30(26,27)16-9-6-14(7-10-16)22-19(24)13-29-18-11-8-15(28-3)12-17(18)20(21)25/h6-12H,4-5,13H2,1-3H3,(H2,21,25)(H,22,24). The maximum atomic E-state index is 12.5. The molecule has 0 fully saturated rings. The van der Waals surface area contributed by atoms with Crippen LogP contribution in [0.15, 0.2) is 47.4 Å². The van der Waals surface area contributed by atoms with Crippen molar-refractivity contribution in [1.82, 2.24) is 4.31 Å². The highest BCUT2D eigenvalue weighted by molar-refractivity contribution is 7.89. The van der Waals surface area contributed by atoms with E-state index in [2.05, 4.69) is 5.32 Å². The lowest BCUT2D eigenvalue weighted by atomic mass is 10.2. The van der Waals surface area contributed by atoms with Gasteiger partial charge in [0.15, 0.2) is 6.61 Å². The van der Waals surface area contributed by atoms with Crippen molar-refractivity contribution in [2.24, 2.45) is 5.73 Å². The van der Waals surface area contributed by atoms with Gasteiger partial charge in [-0.15, -0.1) is 0 Å². The number of carbonyl (C=O) groups is 2. The summed E-state index contributed by atoms with van der Waals surface area (Å²) in [7, 11) is -2.12. The molecule has 0 aliphatic heterocycles. The van der Waals surface area contributed by atoms with Gasteiger partial charge in [-0.25, -0.2) is 8.42 Å². The Balaban J connectivity index is 2.03. The van der Waals surface area contributed by atoms with Gasteiger partial charge in [0.2, 0.25) is 10.0 Å². The molecule has 0 aromatic heterocycles. The van der Waals surface area contributed by atoms with E-state index >= 15 is 0 Å². The highest BCUT2D eigenvalue weighted by atomic mass is 32.2. The maximum Gasteiger partial charge on any atom is 0.262 e. The molecular formula is C20H25N3O6S. The number of hydrogen-bond donors (Lipinski definition) is 2. The van der Waals surface area contributed by atoms with Crippen LogP contribution in [0.5, 0.6) is 11.5 Å². The van der Waals surface area contributed by atoms with Crippen LogP contribution in [0.25, 0.3) is 0 Å². The first-order valence-corrected chi connectivity index (χ1v) is 10.7. The largest absolute Gasteiger partial charge is 0.497 e. The van der Waals surface area contributed by atoms with E-state index in [4.69, 9.17) is 15.2 Å². The first-order valence-electron chi connectivity index (χ1n) is 9.23. The summed E-state index contributed by atoms with van der Waals surface area (Å²) in [6.45, 7) is 3.90. The molecule has 0 unspecified atom stereocenters. The number of nitrogens with zero attached hydrogens (tertiary/aromatic N) is 1. The van der Waals surface area contributed by atoms with Gasteiger partial charge in [0.1, 0.15) is 11.5 Å². The zero-order chi connectivity index (χ0) is 22.3. The lowest BCUT2D eigenvalue weighted by molar-refractivity contribution is -0.118. The molecule has 0 radical (unpaired) electrons. The van der Waals surface area contributed by atoms with Gasteiger partial charge in [-0.2, -0.15) is 4.31 Å². The SMILES string of the molecule is CCN(CC)S(=O)(=O)c1ccc(NC(=O)COc2ccc(OC)cc2C(N)=O)cc1. The van der Waals surface area contributed by atoms with E-state index < -0.39 is 21.8 Å². The number of amides is 2. The van der Waals surface area contributed by atoms with Crippen LogP contribution in [0.2, 0.25) is 0 Å². The fourth-order valence-corrected chi connectivity index (χ4v) is 4.18. The molecule has 0 atom stereocenters. The molecule has 0 aliphatic rings. The van der Waals surface area contributed by atoms with Crippen molar-refractivity contribution in [3.8, 4) is 11.5 Å². The first kappa shape index (κ1) is 23.2. The van der Waals surface area contributed by atoms with Crippen molar-refractivity contribution >= 4 is 27.5 Å². The van der Waals surface area contributed by atoms with E-state index in [0.717, 1.165) is 0 Å². The van der Waals surface area contributed by atoms with Crippen LogP contribution in [0.4, 0.5) is 5.69 Å². The van der Waals surface area contributed by atoms with Crippen LogP contribution >= 0.6 is 0 Å². The molecule has 2 aromatic rings. The molecule has 2 aromatic carbocycles. The molecule has 3 N–H and O–H groups in total. The second-order valence-corrected chi connectivity index (χ2v) is 8.11. The van der Waals surface area contributed by atoms with Crippen LogP contribution in [-0.2, 0) is 14.8 Å². The fraction of sp³-hybridized carbons (Fsp3) is 0.300. The number of rotatable bonds is 10. The zero-order valence-electron chi connectivity index (χ0n) is 17.0. The molecule has 0 saturated heterocycles. The Hall–Kier alpha value is -3.11. The average Bonchev–Trinajstić information content (AvgIpc) is 2.73. The number of ether oxygens (including phenoxy) is 2. The third kappa shape index (κ3) is 5.49. The van der Waals surface area contributed by atoms with E-state index in [1.54, 1.807) is 19.9 Å². The number of benzene rings is 2. The Bertz CT molecular complexity index is 1000. The van der Waals surface area contributed by atoms with Crippen LogP contribution in [0.1, 0.15) is 24.2 Å². The number of carbonyl (C=O) groups excluding carboxylic acids is 2. The zero-order valence-corrected chi connectivity index (χ0v) is 17.9. The minimum atomic E-state index is -3.57. The summed E-state index contributed by atoms with van der Waals surface area (Å²) in [6, 6.07) is 10.3. The minimum Gasteiger partial charge on any atom is -0.497 e. The lowest BCUT2D eigenvalue weighted by Gasteiger charge is -2.18.